The van der Waals surface area contributed by atoms with Crippen LogP contribution in [0.25, 0.3) is 0 Å². The lowest BCUT2D eigenvalue weighted by Crippen LogP contribution is -2.12. The number of nitro groups is 1. The Kier molecular flexibility index (Phi) is 7.33. The molecular weight excluding hydrogens is 278 g/mol. The molecule has 0 amide bonds. The minimum Gasteiger partial charge on any atom is -0.382 e. The van der Waals surface area contributed by atoms with Gasteiger partial charge in [-0.25, -0.2) is 4.98 Å². The van der Waals surface area contributed by atoms with E-state index < -0.39 is 4.92 Å². The Balaban J connectivity index is 2.56. The van der Waals surface area contributed by atoms with Crippen LogP contribution >= 0.6 is 0 Å². The molecule has 1 aromatic rings. The Labute approximate surface area is 123 Å². The van der Waals surface area contributed by atoms with Gasteiger partial charge in [-0.3, -0.25) is 10.1 Å². The van der Waals surface area contributed by atoms with E-state index in [1.807, 2.05) is 0 Å². The molecule has 9 heteroatoms. The van der Waals surface area contributed by atoms with E-state index in [0.29, 0.717) is 44.4 Å². The fraction of sp³-hybridized carbons (Fsp3) is 0.667. The molecule has 0 aliphatic carbocycles. The summed E-state index contributed by atoms with van der Waals surface area (Å²) in [6, 6.07) is 0. The number of nitrogens with zero attached hydrogens (tertiary/aromatic N) is 3. The average molecular weight is 299 g/mol. The van der Waals surface area contributed by atoms with Gasteiger partial charge in [-0.05, 0) is 13.3 Å². The van der Waals surface area contributed by atoms with Crippen molar-refractivity contribution in [3.05, 3.63) is 15.8 Å². The first-order valence-electron chi connectivity index (χ1n) is 6.61. The zero-order valence-corrected chi connectivity index (χ0v) is 12.5. The quantitative estimate of drug-likeness (QED) is 0.376. The monoisotopic (exact) mass is 299 g/mol. The maximum Gasteiger partial charge on any atom is 0.332 e. The number of aryl methyl sites for hydroxylation is 1. The maximum absolute atomic E-state index is 11.1. The highest BCUT2D eigenvalue weighted by Gasteiger charge is 2.21. The molecule has 0 unspecified atom stereocenters. The van der Waals surface area contributed by atoms with E-state index in [0.717, 1.165) is 0 Å². The number of hydrogen-bond acceptors (Lipinski definition) is 8. The fourth-order valence-electron chi connectivity index (χ4n) is 1.65. The van der Waals surface area contributed by atoms with Crippen molar-refractivity contribution in [3.8, 4) is 0 Å². The first-order chi connectivity index (χ1) is 10.1. The van der Waals surface area contributed by atoms with Gasteiger partial charge in [-0.15, -0.1) is 0 Å². The molecule has 0 saturated heterocycles. The molecule has 0 saturated carbocycles. The lowest BCUT2D eigenvalue weighted by Gasteiger charge is -2.09. The second-order valence-electron chi connectivity index (χ2n) is 4.22. The molecule has 9 nitrogen and oxygen atoms in total. The van der Waals surface area contributed by atoms with Crippen molar-refractivity contribution in [1.82, 2.24) is 9.97 Å². The van der Waals surface area contributed by atoms with Crippen molar-refractivity contribution in [2.45, 2.75) is 13.3 Å². The van der Waals surface area contributed by atoms with Gasteiger partial charge in [0.05, 0.1) is 18.1 Å². The Morgan fingerprint density at radius 2 is 2.05 bits per heavy atom. The summed E-state index contributed by atoms with van der Waals surface area (Å²) in [5.74, 6) is 0.561. The van der Waals surface area contributed by atoms with Crippen LogP contribution in [0.15, 0.2) is 0 Å². The predicted octanol–water partition coefficient (Wildman–Crippen LogP) is 1.20. The predicted molar refractivity (Wildman–Crippen MR) is 78.8 cm³/mol. The van der Waals surface area contributed by atoms with Crippen LogP contribution in [0.1, 0.15) is 12.1 Å². The number of ether oxygens (including phenoxy) is 2. The Hall–Kier alpha value is -2.00. The topological polar surface area (TPSA) is 111 Å². The second-order valence-corrected chi connectivity index (χ2v) is 4.22. The molecule has 118 valence electrons. The summed E-state index contributed by atoms with van der Waals surface area (Å²) in [6.45, 7) is 3.74. The minimum atomic E-state index is -0.480. The molecule has 0 radical (unpaired) electrons. The number of aromatic nitrogens is 2. The Morgan fingerprint density at radius 1 is 1.29 bits per heavy atom. The molecule has 0 aliphatic heterocycles. The zero-order chi connectivity index (χ0) is 15.7. The van der Waals surface area contributed by atoms with E-state index in [1.165, 1.54) is 0 Å². The summed E-state index contributed by atoms with van der Waals surface area (Å²) in [4.78, 5) is 18.7. The van der Waals surface area contributed by atoms with Crippen LogP contribution in [0.3, 0.4) is 0 Å². The first-order valence-corrected chi connectivity index (χ1v) is 6.61. The molecular formula is C12H21N5O4. The normalized spacial score (nSPS) is 10.4. The van der Waals surface area contributed by atoms with Crippen molar-refractivity contribution >= 4 is 17.5 Å². The van der Waals surface area contributed by atoms with Crippen LogP contribution < -0.4 is 10.6 Å². The van der Waals surface area contributed by atoms with Crippen molar-refractivity contribution in [2.75, 3.05) is 51.2 Å². The van der Waals surface area contributed by atoms with Gasteiger partial charge in [0.1, 0.15) is 5.69 Å². The van der Waals surface area contributed by atoms with Crippen molar-refractivity contribution in [3.63, 3.8) is 0 Å². The number of hydrogen-bond donors (Lipinski definition) is 2. The van der Waals surface area contributed by atoms with Gasteiger partial charge in [-0.1, -0.05) is 0 Å². The number of nitrogens with one attached hydrogen (secondary N) is 2. The third kappa shape index (κ3) is 5.48. The molecule has 2 N–H and O–H groups in total. The SMILES string of the molecule is CNc1nc(C)c([N+](=O)[O-])c(NCCCOCCOC)n1. The highest BCUT2D eigenvalue weighted by Crippen LogP contribution is 2.26. The molecule has 21 heavy (non-hydrogen) atoms. The van der Waals surface area contributed by atoms with Gasteiger partial charge >= 0.3 is 5.69 Å². The third-order valence-electron chi connectivity index (χ3n) is 2.65. The number of anilines is 2. The lowest BCUT2D eigenvalue weighted by molar-refractivity contribution is -0.385. The summed E-state index contributed by atoms with van der Waals surface area (Å²) in [7, 11) is 3.27. The second kappa shape index (κ2) is 9.03. The summed E-state index contributed by atoms with van der Waals surface area (Å²) in [5, 5.41) is 16.8. The summed E-state index contributed by atoms with van der Waals surface area (Å²) in [5.41, 5.74) is 0.215. The van der Waals surface area contributed by atoms with Gasteiger partial charge < -0.3 is 20.1 Å². The van der Waals surface area contributed by atoms with Gasteiger partial charge in [0.2, 0.25) is 11.8 Å². The third-order valence-corrected chi connectivity index (χ3v) is 2.65. The molecule has 1 rings (SSSR count). The van der Waals surface area contributed by atoms with Crippen LogP contribution in [0.2, 0.25) is 0 Å². The van der Waals surface area contributed by atoms with Crippen LogP contribution in [0, 0.1) is 17.0 Å². The van der Waals surface area contributed by atoms with Crippen LogP contribution in [0.4, 0.5) is 17.5 Å². The highest BCUT2D eigenvalue weighted by atomic mass is 16.6. The van der Waals surface area contributed by atoms with E-state index in [4.69, 9.17) is 9.47 Å². The maximum atomic E-state index is 11.1. The van der Waals surface area contributed by atoms with Gasteiger partial charge in [0.15, 0.2) is 0 Å². The number of rotatable bonds is 10. The standard InChI is InChI=1S/C12H21N5O4/c1-9-10(17(18)19)11(16-12(13-2)15-9)14-5-4-6-21-8-7-20-3/h4-8H2,1-3H3,(H2,13,14,15,16). The van der Waals surface area contributed by atoms with Gasteiger partial charge in [0, 0.05) is 27.3 Å². The first kappa shape index (κ1) is 17.1. The summed E-state index contributed by atoms with van der Waals surface area (Å²) >= 11 is 0. The molecule has 1 aromatic heterocycles. The average Bonchev–Trinajstić information content (AvgIpc) is 2.45. The zero-order valence-electron chi connectivity index (χ0n) is 12.5. The van der Waals surface area contributed by atoms with Crippen LogP contribution in [0.5, 0.6) is 0 Å². The van der Waals surface area contributed by atoms with E-state index in [1.54, 1.807) is 21.1 Å². The van der Waals surface area contributed by atoms with Crippen molar-refractivity contribution in [1.29, 1.82) is 0 Å². The Bertz CT molecular complexity index is 469. The van der Waals surface area contributed by atoms with Crippen LogP contribution in [-0.2, 0) is 9.47 Å². The van der Waals surface area contributed by atoms with E-state index in [9.17, 15) is 10.1 Å². The largest absolute Gasteiger partial charge is 0.382 e. The van der Waals surface area contributed by atoms with Crippen molar-refractivity contribution in [2.24, 2.45) is 0 Å². The molecule has 0 bridgehead atoms. The fourth-order valence-corrected chi connectivity index (χ4v) is 1.65. The molecule has 0 fully saturated rings. The Morgan fingerprint density at radius 3 is 2.67 bits per heavy atom. The van der Waals surface area contributed by atoms with E-state index in [-0.39, 0.29) is 11.5 Å². The minimum absolute atomic E-state index is 0.102. The smallest absolute Gasteiger partial charge is 0.332 e. The molecule has 0 aliphatic rings. The van der Waals surface area contributed by atoms with Gasteiger partial charge in [-0.2, -0.15) is 4.98 Å². The van der Waals surface area contributed by atoms with E-state index in [2.05, 4.69) is 20.6 Å². The molecule has 0 aromatic carbocycles. The number of methoxy groups -OCH3 is 1. The van der Waals surface area contributed by atoms with Crippen molar-refractivity contribution < 1.29 is 14.4 Å². The van der Waals surface area contributed by atoms with Gasteiger partial charge in [0.25, 0.3) is 0 Å². The summed E-state index contributed by atoms with van der Waals surface area (Å²) < 4.78 is 10.2. The highest BCUT2D eigenvalue weighted by molar-refractivity contribution is 5.60. The lowest BCUT2D eigenvalue weighted by atomic mass is 10.3. The van der Waals surface area contributed by atoms with E-state index >= 15 is 0 Å². The van der Waals surface area contributed by atoms with Crippen LogP contribution in [-0.4, -0.2) is 55.4 Å². The molecule has 0 spiro atoms. The summed E-state index contributed by atoms with van der Waals surface area (Å²) in [6.07, 6.45) is 0.707. The molecule has 1 heterocycles. The molecule has 0 atom stereocenters.